The van der Waals surface area contributed by atoms with Crippen molar-refractivity contribution < 1.29 is 4.79 Å². The van der Waals surface area contributed by atoms with E-state index < -0.39 is 0 Å². The van der Waals surface area contributed by atoms with Crippen molar-refractivity contribution in [3.8, 4) is 0 Å². The maximum Gasteiger partial charge on any atom is 0.224 e. The molecule has 0 bridgehead atoms. The zero-order valence-corrected chi connectivity index (χ0v) is 13.7. The maximum absolute atomic E-state index is 12.2. The van der Waals surface area contributed by atoms with Crippen LogP contribution in [0.15, 0.2) is 30.5 Å². The van der Waals surface area contributed by atoms with Crippen molar-refractivity contribution in [3.05, 3.63) is 51.8 Å². The van der Waals surface area contributed by atoms with Crippen LogP contribution >= 0.6 is 23.2 Å². The Hall–Kier alpha value is -1.52. The summed E-state index contributed by atoms with van der Waals surface area (Å²) in [6.07, 6.45) is 2.65. The minimum absolute atomic E-state index is 0.0354. The molecule has 1 aromatic heterocycles. The van der Waals surface area contributed by atoms with Gasteiger partial charge >= 0.3 is 0 Å². The van der Waals surface area contributed by atoms with Crippen molar-refractivity contribution in [1.82, 2.24) is 15.1 Å². The van der Waals surface area contributed by atoms with Gasteiger partial charge < -0.3 is 5.32 Å². The number of carbonyl (C=O) groups excluding carboxylic acids is 1. The zero-order chi connectivity index (χ0) is 15.7. The number of amides is 1. The quantitative estimate of drug-likeness (QED) is 0.905. The summed E-state index contributed by atoms with van der Waals surface area (Å²) >= 11 is 12.0. The van der Waals surface area contributed by atoms with E-state index in [1.165, 1.54) is 0 Å². The summed E-state index contributed by atoms with van der Waals surface area (Å²) in [4.78, 5) is 12.2. The lowest BCUT2D eigenvalue weighted by Crippen LogP contribution is -2.25. The van der Waals surface area contributed by atoms with Crippen LogP contribution in [0, 0.1) is 5.92 Å². The molecule has 1 N–H and O–H groups in total. The normalized spacial score (nSPS) is 20.0. The van der Waals surface area contributed by atoms with Gasteiger partial charge in [-0.3, -0.25) is 9.48 Å². The van der Waals surface area contributed by atoms with Crippen LogP contribution in [0.25, 0.3) is 0 Å². The molecule has 1 fully saturated rings. The molecule has 0 radical (unpaired) electrons. The predicted molar refractivity (Wildman–Crippen MR) is 87.1 cm³/mol. The van der Waals surface area contributed by atoms with Crippen LogP contribution < -0.4 is 5.32 Å². The van der Waals surface area contributed by atoms with Crippen molar-refractivity contribution in [3.63, 3.8) is 0 Å². The van der Waals surface area contributed by atoms with Crippen LogP contribution in [-0.4, -0.2) is 15.7 Å². The molecule has 2 atom stereocenters. The summed E-state index contributed by atoms with van der Waals surface area (Å²) < 4.78 is 1.76. The third kappa shape index (κ3) is 3.28. The fourth-order valence-corrected chi connectivity index (χ4v) is 2.93. The number of carbonyl (C=O) groups is 1. The first-order valence-electron chi connectivity index (χ1n) is 7.33. The Morgan fingerprint density at radius 2 is 2.09 bits per heavy atom. The highest BCUT2D eigenvalue weighted by molar-refractivity contribution is 6.31. The monoisotopic (exact) mass is 337 g/mol. The Balaban J connectivity index is 1.55. The number of nitrogens with zero attached hydrogens (tertiary/aromatic N) is 2. The molecule has 4 nitrogen and oxygen atoms in total. The molecule has 0 spiro atoms. The van der Waals surface area contributed by atoms with Gasteiger partial charge in [0.1, 0.15) is 5.69 Å². The molecule has 2 unspecified atom stereocenters. The first-order chi connectivity index (χ1) is 10.6. The maximum atomic E-state index is 12.2. The molecule has 1 saturated carbocycles. The first kappa shape index (κ1) is 15.4. The fourth-order valence-electron chi connectivity index (χ4n) is 2.58. The largest absolute Gasteiger partial charge is 0.350 e. The Labute approximate surface area is 139 Å². The van der Waals surface area contributed by atoms with Gasteiger partial charge in [-0.1, -0.05) is 35.3 Å². The van der Waals surface area contributed by atoms with E-state index in [4.69, 9.17) is 23.2 Å². The Kier molecular flexibility index (Phi) is 4.41. The van der Waals surface area contributed by atoms with Crippen molar-refractivity contribution in [2.75, 3.05) is 0 Å². The van der Waals surface area contributed by atoms with Gasteiger partial charge in [-0.2, -0.15) is 5.10 Å². The average molecular weight is 338 g/mol. The van der Waals surface area contributed by atoms with Crippen molar-refractivity contribution in [2.45, 2.75) is 32.4 Å². The highest BCUT2D eigenvalue weighted by atomic mass is 35.5. The molecule has 1 aliphatic carbocycles. The van der Waals surface area contributed by atoms with Crippen LogP contribution in [0.5, 0.6) is 0 Å². The number of halogens is 2. The summed E-state index contributed by atoms with van der Waals surface area (Å²) in [6, 6.07) is 7.70. The third-order valence-electron chi connectivity index (χ3n) is 3.97. The number of aromatic nitrogens is 2. The van der Waals surface area contributed by atoms with Crippen molar-refractivity contribution in [1.29, 1.82) is 0 Å². The topological polar surface area (TPSA) is 46.9 Å². The molecule has 2 aromatic rings. The Morgan fingerprint density at radius 1 is 1.36 bits per heavy atom. The molecule has 22 heavy (non-hydrogen) atoms. The highest BCUT2D eigenvalue weighted by Crippen LogP contribution is 2.47. The minimum atomic E-state index is 0.0354. The number of nitrogens with one attached hydrogen (secondary N) is 1. The molecule has 116 valence electrons. The van der Waals surface area contributed by atoms with E-state index >= 15 is 0 Å². The van der Waals surface area contributed by atoms with E-state index in [0.29, 0.717) is 28.2 Å². The number of benzene rings is 1. The van der Waals surface area contributed by atoms with Gasteiger partial charge in [0.05, 0.1) is 11.6 Å². The second-order valence-electron chi connectivity index (χ2n) is 5.50. The van der Waals surface area contributed by atoms with Gasteiger partial charge in [-0.05, 0) is 37.0 Å². The zero-order valence-electron chi connectivity index (χ0n) is 12.2. The molecule has 0 saturated heterocycles. The van der Waals surface area contributed by atoms with E-state index in [2.05, 4.69) is 10.4 Å². The molecule has 3 rings (SSSR count). The molecular formula is C16H17Cl2N3O. The first-order valence-corrected chi connectivity index (χ1v) is 8.09. The number of aryl methyl sites for hydroxylation is 1. The molecule has 1 amide bonds. The van der Waals surface area contributed by atoms with Gasteiger partial charge in [0.25, 0.3) is 0 Å². The van der Waals surface area contributed by atoms with Gasteiger partial charge in [0, 0.05) is 23.7 Å². The predicted octanol–water partition coefficient (Wildman–Crippen LogP) is 3.63. The standard InChI is InChI=1S/C16H17Cl2N3O/c1-2-21-9-14(18)15(20-21)8-19-16(22)13-7-12(13)10-3-5-11(17)6-4-10/h3-6,9,12-13H,2,7-8H2,1H3,(H,19,22). The lowest BCUT2D eigenvalue weighted by Gasteiger charge is -2.04. The second kappa shape index (κ2) is 6.31. The van der Waals surface area contributed by atoms with Crippen LogP contribution in [0.4, 0.5) is 0 Å². The molecule has 1 aliphatic rings. The van der Waals surface area contributed by atoms with Gasteiger partial charge in [0.15, 0.2) is 0 Å². The molecule has 0 aliphatic heterocycles. The third-order valence-corrected chi connectivity index (χ3v) is 4.53. The van der Waals surface area contributed by atoms with Crippen molar-refractivity contribution >= 4 is 29.1 Å². The van der Waals surface area contributed by atoms with Crippen LogP contribution in [0.1, 0.15) is 30.5 Å². The second-order valence-corrected chi connectivity index (χ2v) is 6.34. The average Bonchev–Trinajstić information content (AvgIpc) is 3.23. The van der Waals surface area contributed by atoms with E-state index in [-0.39, 0.29) is 11.8 Å². The van der Waals surface area contributed by atoms with E-state index in [0.717, 1.165) is 18.5 Å². The Bertz CT molecular complexity index is 681. The van der Waals surface area contributed by atoms with Gasteiger partial charge in [0.2, 0.25) is 5.91 Å². The van der Waals surface area contributed by atoms with E-state index in [9.17, 15) is 4.79 Å². The van der Waals surface area contributed by atoms with Crippen LogP contribution in [0.2, 0.25) is 10.0 Å². The summed E-state index contributed by atoms with van der Waals surface area (Å²) in [5.41, 5.74) is 1.87. The van der Waals surface area contributed by atoms with Gasteiger partial charge in [-0.25, -0.2) is 0 Å². The van der Waals surface area contributed by atoms with E-state index in [1.54, 1.807) is 10.9 Å². The molecule has 1 heterocycles. The highest BCUT2D eigenvalue weighted by Gasteiger charge is 2.43. The molecule has 1 aromatic carbocycles. The Morgan fingerprint density at radius 3 is 2.73 bits per heavy atom. The fraction of sp³-hybridized carbons (Fsp3) is 0.375. The van der Waals surface area contributed by atoms with Gasteiger partial charge in [-0.15, -0.1) is 0 Å². The van der Waals surface area contributed by atoms with Crippen molar-refractivity contribution in [2.24, 2.45) is 5.92 Å². The van der Waals surface area contributed by atoms with E-state index in [1.807, 2.05) is 31.2 Å². The molecular weight excluding hydrogens is 321 g/mol. The smallest absolute Gasteiger partial charge is 0.224 e. The summed E-state index contributed by atoms with van der Waals surface area (Å²) in [5, 5.41) is 8.55. The summed E-state index contributed by atoms with van der Waals surface area (Å²) in [5.74, 6) is 0.385. The SMILES string of the molecule is CCn1cc(Cl)c(CNC(=O)C2CC2c2ccc(Cl)cc2)n1. The summed E-state index contributed by atoms with van der Waals surface area (Å²) in [6.45, 7) is 3.12. The number of rotatable bonds is 5. The molecule has 6 heteroatoms. The van der Waals surface area contributed by atoms with Crippen LogP contribution in [0.3, 0.4) is 0 Å². The number of hydrogen-bond donors (Lipinski definition) is 1. The summed E-state index contributed by atoms with van der Waals surface area (Å²) in [7, 11) is 0. The number of hydrogen-bond acceptors (Lipinski definition) is 2. The van der Waals surface area contributed by atoms with Crippen LogP contribution in [-0.2, 0) is 17.9 Å². The lowest BCUT2D eigenvalue weighted by molar-refractivity contribution is -0.122. The lowest BCUT2D eigenvalue weighted by atomic mass is 10.1. The minimum Gasteiger partial charge on any atom is -0.350 e.